The van der Waals surface area contributed by atoms with Gasteiger partial charge < -0.3 is 0 Å². The largest absolute Gasteiger partial charge is 0.413 e. The molecule has 0 aromatic carbocycles. The minimum absolute atomic E-state index is 0.0756. The number of halogens is 3. The summed E-state index contributed by atoms with van der Waals surface area (Å²) in [6.07, 6.45) is -2.68. The number of rotatable bonds is 4. The normalized spacial score (nSPS) is 13.1. The summed E-state index contributed by atoms with van der Waals surface area (Å²) in [5, 5.41) is 7.67. The lowest BCUT2D eigenvalue weighted by Crippen LogP contribution is -2.24. The van der Waals surface area contributed by atoms with Crippen molar-refractivity contribution >= 4 is 0 Å². The lowest BCUT2D eigenvalue weighted by molar-refractivity contribution is -0.190. The molecule has 0 amide bonds. The molecule has 0 aliphatic carbocycles. The molecular formula is C9H15F3N4O. The molecule has 0 aliphatic heterocycles. The molecule has 1 heterocycles. The lowest BCUT2D eigenvalue weighted by atomic mass is 10.1. The molecule has 0 aliphatic rings. The summed E-state index contributed by atoms with van der Waals surface area (Å²) in [6, 6.07) is 0. The Balaban J connectivity index is 2.36. The molecule has 0 unspecified atom stereocenters. The van der Waals surface area contributed by atoms with Crippen LogP contribution in [0.3, 0.4) is 0 Å². The van der Waals surface area contributed by atoms with Gasteiger partial charge in [-0.25, -0.2) is 4.68 Å². The van der Waals surface area contributed by atoms with E-state index in [1.54, 1.807) is 10.9 Å². The average molecular weight is 252 g/mol. The van der Waals surface area contributed by atoms with Gasteiger partial charge in [-0.1, -0.05) is 5.21 Å². The summed E-state index contributed by atoms with van der Waals surface area (Å²) in [6.45, 7) is 4.57. The Labute approximate surface area is 96.9 Å². The lowest BCUT2D eigenvalue weighted by Gasteiger charge is -2.17. The van der Waals surface area contributed by atoms with Gasteiger partial charge in [0.2, 0.25) is 0 Å². The molecule has 17 heavy (non-hydrogen) atoms. The van der Waals surface area contributed by atoms with Gasteiger partial charge in [-0.2, -0.15) is 18.7 Å². The first-order valence-corrected chi connectivity index (χ1v) is 5.01. The minimum Gasteiger partial charge on any atom is -0.292 e. The highest BCUT2D eigenvalue weighted by Gasteiger charge is 2.27. The maximum absolute atomic E-state index is 11.7. The van der Waals surface area contributed by atoms with Crippen LogP contribution < -0.4 is 5.48 Å². The van der Waals surface area contributed by atoms with Crippen molar-refractivity contribution < 1.29 is 18.0 Å². The second-order valence-electron chi connectivity index (χ2n) is 4.55. The third kappa shape index (κ3) is 5.14. The van der Waals surface area contributed by atoms with Gasteiger partial charge in [0.25, 0.3) is 0 Å². The van der Waals surface area contributed by atoms with Crippen molar-refractivity contribution in [2.75, 3.05) is 6.61 Å². The molecule has 8 heteroatoms. The Kier molecular flexibility index (Phi) is 4.10. The summed E-state index contributed by atoms with van der Waals surface area (Å²) in [5.74, 6) is 0. The molecule has 1 rings (SSSR count). The van der Waals surface area contributed by atoms with E-state index in [-0.39, 0.29) is 12.1 Å². The summed E-state index contributed by atoms with van der Waals surface area (Å²) >= 11 is 0. The van der Waals surface area contributed by atoms with Crippen LogP contribution in [0.1, 0.15) is 26.5 Å². The summed E-state index contributed by atoms with van der Waals surface area (Å²) < 4.78 is 36.9. The Morgan fingerprint density at radius 2 is 2.00 bits per heavy atom. The molecule has 0 saturated carbocycles. The molecule has 0 spiro atoms. The molecule has 1 N–H and O–H groups in total. The molecule has 0 fully saturated rings. The summed E-state index contributed by atoms with van der Waals surface area (Å²) in [5.41, 5.74) is 2.49. The first-order valence-electron chi connectivity index (χ1n) is 5.01. The zero-order chi connectivity index (χ0) is 13.1. The van der Waals surface area contributed by atoms with Crippen molar-refractivity contribution in [3.05, 3.63) is 11.9 Å². The zero-order valence-corrected chi connectivity index (χ0v) is 9.88. The highest BCUT2D eigenvalue weighted by atomic mass is 19.4. The highest BCUT2D eigenvalue weighted by molar-refractivity contribution is 4.93. The van der Waals surface area contributed by atoms with Gasteiger partial charge in [0.1, 0.15) is 0 Å². The van der Waals surface area contributed by atoms with E-state index in [1.165, 1.54) is 0 Å². The van der Waals surface area contributed by atoms with Crippen molar-refractivity contribution in [1.82, 2.24) is 20.5 Å². The fraction of sp³-hybridized carbons (Fsp3) is 0.778. The standard InChI is InChI=1S/C9H15F3N4O/c1-8(2,3)16-5-7(14-15-16)4-13-17-6-9(10,11)12/h5,13H,4,6H2,1-3H3. The van der Waals surface area contributed by atoms with E-state index in [2.05, 4.69) is 20.6 Å². The number of hydrogen-bond donors (Lipinski definition) is 1. The van der Waals surface area contributed by atoms with Gasteiger partial charge in [0.05, 0.1) is 24.0 Å². The summed E-state index contributed by atoms with van der Waals surface area (Å²) in [7, 11) is 0. The Morgan fingerprint density at radius 3 is 2.47 bits per heavy atom. The van der Waals surface area contributed by atoms with Crippen LogP contribution in [-0.4, -0.2) is 27.8 Å². The van der Waals surface area contributed by atoms with Crippen LogP contribution in [0.5, 0.6) is 0 Å². The topological polar surface area (TPSA) is 52.0 Å². The zero-order valence-electron chi connectivity index (χ0n) is 9.88. The number of nitrogens with zero attached hydrogens (tertiary/aromatic N) is 3. The van der Waals surface area contributed by atoms with Gasteiger partial charge in [-0.3, -0.25) is 4.84 Å². The number of nitrogens with one attached hydrogen (secondary N) is 1. The maximum Gasteiger partial charge on any atom is 0.413 e. The van der Waals surface area contributed by atoms with Crippen LogP contribution >= 0.6 is 0 Å². The Bertz CT molecular complexity index is 356. The Hall–Kier alpha value is -1.15. The monoisotopic (exact) mass is 252 g/mol. The highest BCUT2D eigenvalue weighted by Crippen LogP contribution is 2.14. The second kappa shape index (κ2) is 5.01. The molecule has 1 aromatic heterocycles. The van der Waals surface area contributed by atoms with E-state index in [4.69, 9.17) is 0 Å². The molecule has 0 saturated heterocycles. The average Bonchev–Trinajstić information content (AvgIpc) is 2.58. The van der Waals surface area contributed by atoms with E-state index in [9.17, 15) is 13.2 Å². The van der Waals surface area contributed by atoms with E-state index in [0.717, 1.165) is 0 Å². The predicted molar refractivity (Wildman–Crippen MR) is 53.9 cm³/mol. The van der Waals surface area contributed by atoms with Crippen LogP contribution in [0.4, 0.5) is 13.2 Å². The third-order valence-corrected chi connectivity index (χ3v) is 1.82. The van der Waals surface area contributed by atoms with Crippen LogP contribution in [0, 0.1) is 0 Å². The van der Waals surface area contributed by atoms with Crippen molar-refractivity contribution in [3.8, 4) is 0 Å². The number of alkyl halides is 3. The van der Waals surface area contributed by atoms with Crippen molar-refractivity contribution in [2.45, 2.75) is 39.0 Å². The van der Waals surface area contributed by atoms with Crippen molar-refractivity contribution in [2.24, 2.45) is 0 Å². The van der Waals surface area contributed by atoms with E-state index >= 15 is 0 Å². The SMILES string of the molecule is CC(C)(C)n1cc(CNOCC(F)(F)F)nn1. The van der Waals surface area contributed by atoms with Gasteiger partial charge in [0.15, 0.2) is 6.61 Å². The van der Waals surface area contributed by atoms with Crippen LogP contribution in [0.2, 0.25) is 0 Å². The van der Waals surface area contributed by atoms with E-state index in [0.29, 0.717) is 5.69 Å². The quantitative estimate of drug-likeness (QED) is 0.653. The molecule has 0 bridgehead atoms. The molecule has 5 nitrogen and oxygen atoms in total. The minimum atomic E-state index is -4.34. The fourth-order valence-electron chi connectivity index (χ4n) is 0.965. The maximum atomic E-state index is 11.7. The molecule has 1 aromatic rings. The van der Waals surface area contributed by atoms with E-state index < -0.39 is 12.8 Å². The molecule has 0 radical (unpaired) electrons. The number of hydrogen-bond acceptors (Lipinski definition) is 4. The Morgan fingerprint density at radius 1 is 1.35 bits per heavy atom. The first kappa shape index (κ1) is 13.9. The number of hydroxylamine groups is 1. The molecule has 98 valence electrons. The summed E-state index contributed by atoms with van der Waals surface area (Å²) in [4.78, 5) is 4.24. The molecule has 0 atom stereocenters. The third-order valence-electron chi connectivity index (χ3n) is 1.82. The van der Waals surface area contributed by atoms with Crippen LogP contribution in [-0.2, 0) is 16.9 Å². The van der Waals surface area contributed by atoms with Gasteiger partial charge in [0, 0.05) is 0 Å². The van der Waals surface area contributed by atoms with E-state index in [1.807, 2.05) is 20.8 Å². The van der Waals surface area contributed by atoms with Crippen LogP contribution in [0.15, 0.2) is 6.20 Å². The predicted octanol–water partition coefficient (Wildman–Crippen LogP) is 1.62. The van der Waals surface area contributed by atoms with Gasteiger partial charge in [-0.05, 0) is 20.8 Å². The van der Waals surface area contributed by atoms with Crippen LogP contribution in [0.25, 0.3) is 0 Å². The first-order chi connectivity index (χ1) is 7.68. The fourth-order valence-corrected chi connectivity index (χ4v) is 0.965. The van der Waals surface area contributed by atoms with Gasteiger partial charge >= 0.3 is 6.18 Å². The van der Waals surface area contributed by atoms with Crippen molar-refractivity contribution in [1.29, 1.82) is 0 Å². The van der Waals surface area contributed by atoms with Crippen molar-refractivity contribution in [3.63, 3.8) is 0 Å². The smallest absolute Gasteiger partial charge is 0.292 e. The number of aromatic nitrogens is 3. The molecular weight excluding hydrogens is 237 g/mol. The second-order valence-corrected chi connectivity index (χ2v) is 4.55. The van der Waals surface area contributed by atoms with Gasteiger partial charge in [-0.15, -0.1) is 5.10 Å².